The van der Waals surface area contributed by atoms with Crippen molar-refractivity contribution in [3.8, 4) is 5.75 Å². The van der Waals surface area contributed by atoms with Gasteiger partial charge in [0.05, 0.1) is 5.69 Å². The van der Waals surface area contributed by atoms with Crippen molar-refractivity contribution in [2.24, 2.45) is 0 Å². The number of hydrogen-bond donors (Lipinski definition) is 0. The summed E-state index contributed by atoms with van der Waals surface area (Å²) >= 11 is 0. The van der Waals surface area contributed by atoms with Crippen molar-refractivity contribution in [3.63, 3.8) is 0 Å². The second-order valence-electron chi connectivity index (χ2n) is 3.08. The molecule has 15 heavy (non-hydrogen) atoms. The first-order valence-corrected chi connectivity index (χ1v) is 4.55. The number of aryl methyl sites for hydroxylation is 1. The summed E-state index contributed by atoms with van der Waals surface area (Å²) in [4.78, 5) is 11.5. The highest BCUT2D eigenvalue weighted by Crippen LogP contribution is 2.09. The van der Waals surface area contributed by atoms with Crippen LogP contribution in [0.25, 0.3) is 0 Å². The fourth-order valence-electron chi connectivity index (χ4n) is 1.15. The molecule has 0 spiro atoms. The van der Waals surface area contributed by atoms with E-state index in [-0.39, 0.29) is 0 Å². The minimum Gasteiger partial charge on any atom is -0.409 e. The third-order valence-corrected chi connectivity index (χ3v) is 1.86. The van der Waals surface area contributed by atoms with Crippen molar-refractivity contribution in [2.75, 3.05) is 0 Å². The molecule has 0 saturated heterocycles. The van der Waals surface area contributed by atoms with E-state index in [9.17, 15) is 4.79 Å². The normalized spacial score (nSPS) is 9.93. The van der Waals surface area contributed by atoms with Crippen molar-refractivity contribution in [2.45, 2.75) is 6.92 Å². The van der Waals surface area contributed by atoms with E-state index in [4.69, 9.17) is 4.74 Å². The number of hydrogen-bond acceptors (Lipinski definition) is 3. The first kappa shape index (κ1) is 9.45. The van der Waals surface area contributed by atoms with Crippen LogP contribution in [0.4, 0.5) is 4.79 Å². The summed E-state index contributed by atoms with van der Waals surface area (Å²) < 4.78 is 6.24. The highest BCUT2D eigenvalue weighted by atomic mass is 16.6. The van der Waals surface area contributed by atoms with Crippen LogP contribution < -0.4 is 4.74 Å². The molecule has 1 aromatic heterocycles. The number of aromatic nitrogens is 2. The maximum Gasteiger partial charge on any atom is 0.440 e. The van der Waals surface area contributed by atoms with E-state index in [0.29, 0.717) is 5.75 Å². The number of rotatable bonds is 1. The van der Waals surface area contributed by atoms with Crippen molar-refractivity contribution in [1.29, 1.82) is 0 Å². The van der Waals surface area contributed by atoms with Gasteiger partial charge in [-0.25, -0.2) is 4.79 Å². The topological polar surface area (TPSA) is 44.1 Å². The van der Waals surface area contributed by atoms with Crippen LogP contribution in [0.3, 0.4) is 0 Å². The molecule has 2 aromatic rings. The molecule has 0 bridgehead atoms. The molecule has 0 fully saturated rings. The average molecular weight is 202 g/mol. The van der Waals surface area contributed by atoms with E-state index < -0.39 is 6.09 Å². The van der Waals surface area contributed by atoms with E-state index in [0.717, 1.165) is 5.69 Å². The first-order chi connectivity index (χ1) is 7.25. The van der Waals surface area contributed by atoms with E-state index in [1.165, 1.54) is 4.68 Å². The molecule has 1 aromatic carbocycles. The Hall–Kier alpha value is -2.10. The number of nitrogens with zero attached hydrogens (tertiary/aromatic N) is 2. The molecule has 0 aliphatic rings. The Kier molecular flexibility index (Phi) is 2.49. The van der Waals surface area contributed by atoms with Crippen LogP contribution in [0.2, 0.25) is 0 Å². The zero-order chi connectivity index (χ0) is 10.7. The number of carbonyl (C=O) groups is 1. The standard InChI is InChI=1S/C11H10N2O2/c1-9-7-8-13(12-9)11(14)15-10-5-3-2-4-6-10/h2-8H,1H3. The first-order valence-electron chi connectivity index (χ1n) is 4.55. The van der Waals surface area contributed by atoms with Gasteiger partial charge in [0.2, 0.25) is 0 Å². The van der Waals surface area contributed by atoms with E-state index in [1.807, 2.05) is 13.0 Å². The number of ether oxygens (including phenoxy) is 1. The lowest BCUT2D eigenvalue weighted by Gasteiger charge is -2.02. The molecule has 0 saturated carbocycles. The van der Waals surface area contributed by atoms with E-state index >= 15 is 0 Å². The fourth-order valence-corrected chi connectivity index (χ4v) is 1.15. The van der Waals surface area contributed by atoms with Gasteiger partial charge < -0.3 is 4.74 Å². The molecule has 0 unspecified atom stereocenters. The van der Waals surface area contributed by atoms with Crippen LogP contribution in [0.5, 0.6) is 5.75 Å². The maximum atomic E-state index is 11.5. The van der Waals surface area contributed by atoms with Gasteiger partial charge in [-0.15, -0.1) is 0 Å². The zero-order valence-corrected chi connectivity index (χ0v) is 8.25. The zero-order valence-electron chi connectivity index (χ0n) is 8.25. The second-order valence-corrected chi connectivity index (χ2v) is 3.08. The predicted molar refractivity (Wildman–Crippen MR) is 54.8 cm³/mol. The van der Waals surface area contributed by atoms with Gasteiger partial charge in [-0.2, -0.15) is 9.78 Å². The third-order valence-electron chi connectivity index (χ3n) is 1.86. The van der Waals surface area contributed by atoms with Crippen LogP contribution in [0.15, 0.2) is 42.6 Å². The molecule has 2 rings (SSSR count). The molecule has 0 N–H and O–H groups in total. The van der Waals surface area contributed by atoms with Crippen LogP contribution in [-0.4, -0.2) is 15.9 Å². The second kappa shape index (κ2) is 3.96. The van der Waals surface area contributed by atoms with Gasteiger partial charge in [-0.05, 0) is 25.1 Å². The Morgan fingerprint density at radius 3 is 2.60 bits per heavy atom. The molecule has 4 nitrogen and oxygen atoms in total. The summed E-state index contributed by atoms with van der Waals surface area (Å²) in [7, 11) is 0. The van der Waals surface area contributed by atoms with E-state index in [2.05, 4.69) is 5.10 Å². The van der Waals surface area contributed by atoms with Crippen molar-refractivity contribution in [1.82, 2.24) is 9.78 Å². The van der Waals surface area contributed by atoms with Crippen molar-refractivity contribution >= 4 is 6.09 Å². The lowest BCUT2D eigenvalue weighted by molar-refractivity contribution is 0.198. The van der Waals surface area contributed by atoms with Gasteiger partial charge in [-0.3, -0.25) is 0 Å². The van der Waals surface area contributed by atoms with Crippen molar-refractivity contribution < 1.29 is 9.53 Å². The summed E-state index contributed by atoms with van der Waals surface area (Å²) in [6.45, 7) is 1.81. The maximum absolute atomic E-state index is 11.5. The fraction of sp³-hybridized carbons (Fsp3) is 0.0909. The van der Waals surface area contributed by atoms with Crippen LogP contribution in [0.1, 0.15) is 5.69 Å². The monoisotopic (exact) mass is 202 g/mol. The van der Waals surface area contributed by atoms with Crippen LogP contribution in [0, 0.1) is 6.92 Å². The lowest BCUT2D eigenvalue weighted by atomic mass is 10.3. The van der Waals surface area contributed by atoms with Gasteiger partial charge >= 0.3 is 6.09 Å². The molecule has 0 aliphatic heterocycles. The molecule has 1 heterocycles. The SMILES string of the molecule is Cc1ccn(C(=O)Oc2ccccc2)n1. The lowest BCUT2D eigenvalue weighted by Crippen LogP contribution is -2.17. The smallest absolute Gasteiger partial charge is 0.409 e. The predicted octanol–water partition coefficient (Wildman–Crippen LogP) is 2.24. The Labute approximate surface area is 87.1 Å². The average Bonchev–Trinajstić information content (AvgIpc) is 2.66. The summed E-state index contributed by atoms with van der Waals surface area (Å²) in [5, 5.41) is 3.95. The molecular weight excluding hydrogens is 192 g/mol. The molecular formula is C11H10N2O2. The largest absolute Gasteiger partial charge is 0.440 e. The summed E-state index contributed by atoms with van der Waals surface area (Å²) in [5.41, 5.74) is 0.778. The molecule has 0 atom stereocenters. The molecule has 4 heteroatoms. The molecule has 76 valence electrons. The summed E-state index contributed by atoms with van der Waals surface area (Å²) in [6, 6.07) is 10.6. The Balaban J connectivity index is 2.11. The van der Waals surface area contributed by atoms with Crippen LogP contribution in [-0.2, 0) is 0 Å². The minimum atomic E-state index is -0.505. The summed E-state index contributed by atoms with van der Waals surface area (Å²) in [6.07, 6.45) is 1.06. The molecule has 0 radical (unpaired) electrons. The number of para-hydroxylation sites is 1. The highest BCUT2D eigenvalue weighted by Gasteiger charge is 2.07. The molecule has 0 amide bonds. The minimum absolute atomic E-state index is 0.505. The Bertz CT molecular complexity index is 462. The van der Waals surface area contributed by atoms with Gasteiger partial charge in [0.1, 0.15) is 5.75 Å². The summed E-state index contributed by atoms with van der Waals surface area (Å²) in [5.74, 6) is 0.510. The van der Waals surface area contributed by atoms with Gasteiger partial charge in [0, 0.05) is 6.20 Å². The van der Waals surface area contributed by atoms with Gasteiger partial charge in [0.15, 0.2) is 0 Å². The molecule has 0 aliphatic carbocycles. The number of benzene rings is 1. The number of carbonyl (C=O) groups excluding carboxylic acids is 1. The van der Waals surface area contributed by atoms with Crippen molar-refractivity contribution in [3.05, 3.63) is 48.3 Å². The Morgan fingerprint density at radius 2 is 2.00 bits per heavy atom. The van der Waals surface area contributed by atoms with E-state index in [1.54, 1.807) is 36.5 Å². The Morgan fingerprint density at radius 1 is 1.27 bits per heavy atom. The quantitative estimate of drug-likeness (QED) is 0.712. The van der Waals surface area contributed by atoms with Crippen LogP contribution >= 0.6 is 0 Å². The van der Waals surface area contributed by atoms with Gasteiger partial charge in [0.25, 0.3) is 0 Å². The third kappa shape index (κ3) is 2.22. The highest BCUT2D eigenvalue weighted by molar-refractivity contribution is 5.72. The van der Waals surface area contributed by atoms with Gasteiger partial charge in [-0.1, -0.05) is 18.2 Å².